The number of hydrogen-bond acceptors (Lipinski definition) is 6. The lowest BCUT2D eigenvalue weighted by molar-refractivity contribution is -0.270. The third-order valence-electron chi connectivity index (χ3n) is 2.51. The molecule has 1 unspecified atom stereocenters. The minimum absolute atomic E-state index is 0.167. The fraction of sp³-hybridized carbons (Fsp3) is 0.917. The molecule has 2 heterocycles. The summed E-state index contributed by atoms with van der Waals surface area (Å²) in [7, 11) is 0. The zero-order valence-electron chi connectivity index (χ0n) is 11.3. The highest BCUT2D eigenvalue weighted by Gasteiger charge is 2.34. The third-order valence-corrected chi connectivity index (χ3v) is 2.51. The van der Waals surface area contributed by atoms with Crippen molar-refractivity contribution in [3.63, 3.8) is 0 Å². The Morgan fingerprint density at radius 2 is 2.00 bits per heavy atom. The molecular formula is C12H22O6. The third kappa shape index (κ3) is 5.77. The molecular weight excluding hydrogens is 240 g/mol. The zero-order chi connectivity index (χ0) is 13.4. The summed E-state index contributed by atoms with van der Waals surface area (Å²) in [6.07, 6.45) is 1.53. The molecule has 0 radical (unpaired) electrons. The van der Waals surface area contributed by atoms with Crippen molar-refractivity contribution in [1.82, 2.24) is 0 Å². The molecule has 0 amide bonds. The maximum absolute atomic E-state index is 11.0. The Labute approximate surface area is 107 Å². The Morgan fingerprint density at radius 1 is 1.33 bits per heavy atom. The van der Waals surface area contributed by atoms with Gasteiger partial charge in [-0.2, -0.15) is 0 Å². The first kappa shape index (κ1) is 15.4. The van der Waals surface area contributed by atoms with E-state index in [0.717, 1.165) is 13.0 Å². The lowest BCUT2D eigenvalue weighted by atomic mass is 10.2. The monoisotopic (exact) mass is 262 g/mol. The van der Waals surface area contributed by atoms with E-state index in [-0.39, 0.29) is 12.4 Å². The first-order valence-corrected chi connectivity index (χ1v) is 6.27. The Morgan fingerprint density at radius 3 is 2.39 bits per heavy atom. The van der Waals surface area contributed by atoms with Crippen LogP contribution in [0.4, 0.5) is 0 Å². The topological polar surface area (TPSA) is 63.2 Å². The van der Waals surface area contributed by atoms with Gasteiger partial charge in [0.25, 0.3) is 0 Å². The van der Waals surface area contributed by atoms with Crippen molar-refractivity contribution in [2.24, 2.45) is 0 Å². The van der Waals surface area contributed by atoms with Crippen LogP contribution in [-0.4, -0.2) is 44.3 Å². The molecule has 0 aromatic rings. The Hall–Kier alpha value is -0.690. The molecule has 1 atom stereocenters. The minimum Gasteiger partial charge on any atom is -0.466 e. The molecule has 0 N–H and O–H groups in total. The molecule has 0 aliphatic carbocycles. The van der Waals surface area contributed by atoms with E-state index >= 15 is 0 Å². The Bertz CT molecular complexity index is 243. The van der Waals surface area contributed by atoms with E-state index in [1.807, 2.05) is 6.92 Å². The van der Waals surface area contributed by atoms with Gasteiger partial charge in [-0.05, 0) is 20.8 Å². The molecule has 106 valence electrons. The van der Waals surface area contributed by atoms with Crippen molar-refractivity contribution in [2.45, 2.75) is 45.5 Å². The number of rotatable bonds is 3. The fourth-order valence-corrected chi connectivity index (χ4v) is 1.56. The summed E-state index contributed by atoms with van der Waals surface area (Å²) in [6.45, 7) is 7.78. The van der Waals surface area contributed by atoms with Gasteiger partial charge in [-0.15, -0.1) is 0 Å². The average Bonchev–Trinajstić information content (AvgIpc) is 2.91. The normalized spacial score (nSPS) is 25.4. The first-order valence-electron chi connectivity index (χ1n) is 6.27. The predicted molar refractivity (Wildman–Crippen MR) is 62.7 cm³/mol. The SMILES string of the molecule is CC1CCOO1.CCOC(=O)CC1(C)OCCO1. The second-order valence-corrected chi connectivity index (χ2v) is 4.33. The molecule has 0 spiro atoms. The predicted octanol–water partition coefficient (Wildman–Crippen LogP) is 1.43. The van der Waals surface area contributed by atoms with E-state index in [9.17, 15) is 4.79 Å². The second-order valence-electron chi connectivity index (χ2n) is 4.33. The van der Waals surface area contributed by atoms with Crippen molar-refractivity contribution >= 4 is 5.97 Å². The highest BCUT2D eigenvalue weighted by molar-refractivity contribution is 5.70. The molecule has 0 bridgehead atoms. The van der Waals surface area contributed by atoms with E-state index in [0.29, 0.717) is 25.9 Å². The van der Waals surface area contributed by atoms with Gasteiger partial charge < -0.3 is 14.2 Å². The van der Waals surface area contributed by atoms with Gasteiger partial charge >= 0.3 is 5.97 Å². The highest BCUT2D eigenvalue weighted by atomic mass is 17.2. The number of carbonyl (C=O) groups excluding carboxylic acids is 1. The Kier molecular flexibility index (Phi) is 6.56. The largest absolute Gasteiger partial charge is 0.466 e. The van der Waals surface area contributed by atoms with Crippen LogP contribution in [0.2, 0.25) is 0 Å². The summed E-state index contributed by atoms with van der Waals surface area (Å²) in [5, 5.41) is 0. The van der Waals surface area contributed by atoms with Crippen molar-refractivity contribution in [3.8, 4) is 0 Å². The number of hydrogen-bond donors (Lipinski definition) is 0. The van der Waals surface area contributed by atoms with E-state index in [1.54, 1.807) is 13.8 Å². The summed E-state index contributed by atoms with van der Waals surface area (Å²) in [6, 6.07) is 0. The summed E-state index contributed by atoms with van der Waals surface area (Å²) in [5.41, 5.74) is 0. The average molecular weight is 262 g/mol. The van der Waals surface area contributed by atoms with Crippen LogP contribution < -0.4 is 0 Å². The summed E-state index contributed by atoms with van der Waals surface area (Å²) in [5.74, 6) is -1.03. The van der Waals surface area contributed by atoms with Gasteiger partial charge in [-0.1, -0.05) is 0 Å². The van der Waals surface area contributed by atoms with Crippen LogP contribution in [0.3, 0.4) is 0 Å². The van der Waals surface area contributed by atoms with Gasteiger partial charge in [-0.3, -0.25) is 4.79 Å². The molecule has 2 saturated heterocycles. The van der Waals surface area contributed by atoms with E-state index in [4.69, 9.17) is 14.2 Å². The van der Waals surface area contributed by atoms with Crippen molar-refractivity contribution in [3.05, 3.63) is 0 Å². The molecule has 2 aliphatic rings. The van der Waals surface area contributed by atoms with Crippen LogP contribution in [0.15, 0.2) is 0 Å². The number of carbonyl (C=O) groups is 1. The second kappa shape index (κ2) is 7.68. The van der Waals surface area contributed by atoms with E-state index < -0.39 is 5.79 Å². The van der Waals surface area contributed by atoms with E-state index in [1.165, 1.54) is 0 Å². The van der Waals surface area contributed by atoms with Crippen LogP contribution in [0, 0.1) is 0 Å². The van der Waals surface area contributed by atoms with E-state index in [2.05, 4.69) is 9.78 Å². The molecule has 0 aromatic heterocycles. The zero-order valence-corrected chi connectivity index (χ0v) is 11.3. The molecule has 6 heteroatoms. The molecule has 18 heavy (non-hydrogen) atoms. The quantitative estimate of drug-likeness (QED) is 0.566. The van der Waals surface area contributed by atoms with Crippen molar-refractivity contribution in [1.29, 1.82) is 0 Å². The maximum Gasteiger partial charge on any atom is 0.311 e. The van der Waals surface area contributed by atoms with Crippen LogP contribution in [-0.2, 0) is 28.8 Å². The standard InChI is InChI=1S/C8H14O4.C4H8O2/c1-3-10-7(9)6-8(2)11-4-5-12-8;1-4-2-3-5-6-4/h3-6H2,1-2H3;4H,2-3H2,1H3. The van der Waals surface area contributed by atoms with Crippen LogP contribution >= 0.6 is 0 Å². The summed E-state index contributed by atoms with van der Waals surface area (Å²) >= 11 is 0. The fourth-order valence-electron chi connectivity index (χ4n) is 1.56. The van der Waals surface area contributed by atoms with Crippen molar-refractivity contribution < 1.29 is 28.8 Å². The molecule has 0 saturated carbocycles. The Balaban J connectivity index is 0.000000225. The van der Waals surface area contributed by atoms with Gasteiger partial charge in [0.2, 0.25) is 0 Å². The molecule has 6 nitrogen and oxygen atoms in total. The van der Waals surface area contributed by atoms with Gasteiger partial charge in [0, 0.05) is 6.42 Å². The smallest absolute Gasteiger partial charge is 0.311 e. The summed E-state index contributed by atoms with van der Waals surface area (Å²) < 4.78 is 15.2. The van der Waals surface area contributed by atoms with Gasteiger partial charge in [0.15, 0.2) is 5.79 Å². The number of ether oxygens (including phenoxy) is 3. The molecule has 0 aromatic carbocycles. The molecule has 2 aliphatic heterocycles. The molecule has 2 rings (SSSR count). The molecule has 2 fully saturated rings. The van der Waals surface area contributed by atoms with Crippen molar-refractivity contribution in [2.75, 3.05) is 26.4 Å². The maximum atomic E-state index is 11.0. The van der Waals surface area contributed by atoms with Crippen LogP contribution in [0.5, 0.6) is 0 Å². The lowest BCUT2D eigenvalue weighted by Gasteiger charge is -2.20. The lowest BCUT2D eigenvalue weighted by Crippen LogP contribution is -2.29. The van der Waals surface area contributed by atoms with Gasteiger partial charge in [-0.25, -0.2) is 9.78 Å². The van der Waals surface area contributed by atoms with Gasteiger partial charge in [0.05, 0.1) is 39.0 Å². The van der Waals surface area contributed by atoms with Crippen LogP contribution in [0.1, 0.15) is 33.6 Å². The first-order chi connectivity index (χ1) is 8.56. The van der Waals surface area contributed by atoms with Crippen LogP contribution in [0.25, 0.3) is 0 Å². The minimum atomic E-state index is -0.758. The highest BCUT2D eigenvalue weighted by Crippen LogP contribution is 2.22. The summed E-state index contributed by atoms with van der Waals surface area (Å²) in [4.78, 5) is 20.2. The number of esters is 1. The van der Waals surface area contributed by atoms with Gasteiger partial charge in [0.1, 0.15) is 0 Å².